The summed E-state index contributed by atoms with van der Waals surface area (Å²) in [4.78, 5) is 12.8. The van der Waals surface area contributed by atoms with Crippen molar-refractivity contribution in [2.75, 3.05) is 26.3 Å². The molecule has 0 unspecified atom stereocenters. The number of sulfonamides is 1. The van der Waals surface area contributed by atoms with Crippen LogP contribution in [0.3, 0.4) is 0 Å². The Morgan fingerprint density at radius 1 is 1.16 bits per heavy atom. The lowest BCUT2D eigenvalue weighted by Gasteiger charge is -2.26. The Morgan fingerprint density at radius 2 is 1.96 bits per heavy atom. The fraction of sp³-hybridized carbons (Fsp3) is 0.611. The van der Waals surface area contributed by atoms with Crippen molar-refractivity contribution in [1.29, 1.82) is 0 Å². The maximum absolute atomic E-state index is 12.7. The van der Waals surface area contributed by atoms with Gasteiger partial charge >= 0.3 is 0 Å². The van der Waals surface area contributed by atoms with E-state index in [4.69, 9.17) is 4.74 Å². The van der Waals surface area contributed by atoms with Crippen molar-refractivity contribution in [3.8, 4) is 0 Å². The Bertz CT molecular complexity index is 758. The van der Waals surface area contributed by atoms with Crippen LogP contribution >= 0.6 is 0 Å². The van der Waals surface area contributed by atoms with Crippen LogP contribution in [0.2, 0.25) is 0 Å². The zero-order valence-electron chi connectivity index (χ0n) is 14.2. The Balaban J connectivity index is 1.49. The molecule has 136 valence electrons. The summed E-state index contributed by atoms with van der Waals surface area (Å²) in [5.74, 6) is 1.18. The second-order valence-electron chi connectivity index (χ2n) is 7.30. The standard InChI is InChI=1S/C18H24N2O4S/c21-18(19-17-11-13-4-5-14(17)10-13)15-2-1-3-16(12-15)25(22,23)20-6-8-24-9-7-20/h1-3,12-14,17H,4-11H2,(H,19,21)/t13-,14-,17+/m0/s1. The SMILES string of the molecule is O=C(N[C@@H]1C[C@H]2CC[C@H]1C2)c1cccc(S(=O)(=O)N2CCOCC2)c1. The number of carbonyl (C=O) groups is 1. The minimum absolute atomic E-state index is 0.170. The minimum Gasteiger partial charge on any atom is -0.379 e. The third-order valence-corrected chi connectivity index (χ3v) is 7.65. The fourth-order valence-electron chi connectivity index (χ4n) is 4.41. The number of benzene rings is 1. The highest BCUT2D eigenvalue weighted by atomic mass is 32.2. The summed E-state index contributed by atoms with van der Waals surface area (Å²) < 4.78 is 32.1. The van der Waals surface area contributed by atoms with Gasteiger partial charge in [0.1, 0.15) is 0 Å². The lowest BCUT2D eigenvalue weighted by molar-refractivity contribution is 0.0730. The van der Waals surface area contributed by atoms with Crippen molar-refractivity contribution in [1.82, 2.24) is 9.62 Å². The molecule has 3 fully saturated rings. The van der Waals surface area contributed by atoms with Gasteiger partial charge in [-0.3, -0.25) is 4.79 Å². The Morgan fingerprint density at radius 3 is 2.64 bits per heavy atom. The van der Waals surface area contributed by atoms with Gasteiger partial charge in [-0.25, -0.2) is 8.42 Å². The first-order valence-corrected chi connectivity index (χ1v) is 10.5. The molecule has 7 heteroatoms. The number of fused-ring (bicyclic) bond motifs is 2. The third kappa shape index (κ3) is 3.32. The molecule has 1 N–H and O–H groups in total. The summed E-state index contributed by atoms with van der Waals surface area (Å²) >= 11 is 0. The molecule has 3 aliphatic rings. The summed E-state index contributed by atoms with van der Waals surface area (Å²) in [5, 5.41) is 3.12. The van der Waals surface area contributed by atoms with E-state index in [9.17, 15) is 13.2 Å². The molecule has 1 amide bonds. The van der Waals surface area contributed by atoms with Crippen LogP contribution in [-0.2, 0) is 14.8 Å². The molecular formula is C18H24N2O4S. The van der Waals surface area contributed by atoms with Gasteiger partial charge in [-0.1, -0.05) is 12.5 Å². The summed E-state index contributed by atoms with van der Waals surface area (Å²) in [7, 11) is -3.58. The number of nitrogens with one attached hydrogen (secondary N) is 1. The summed E-state index contributed by atoms with van der Waals surface area (Å²) in [6.07, 6.45) is 4.75. The molecule has 4 rings (SSSR count). The number of carbonyl (C=O) groups excluding carboxylic acids is 1. The zero-order chi connectivity index (χ0) is 17.4. The van der Waals surface area contributed by atoms with Crippen molar-refractivity contribution < 1.29 is 17.9 Å². The molecular weight excluding hydrogens is 340 g/mol. The average molecular weight is 364 g/mol. The average Bonchev–Trinajstić information content (AvgIpc) is 3.25. The van der Waals surface area contributed by atoms with E-state index in [-0.39, 0.29) is 16.8 Å². The van der Waals surface area contributed by atoms with Crippen LogP contribution in [-0.4, -0.2) is 51.0 Å². The van der Waals surface area contributed by atoms with Crippen molar-refractivity contribution in [3.63, 3.8) is 0 Å². The largest absolute Gasteiger partial charge is 0.379 e. The molecule has 1 aromatic carbocycles. The van der Waals surface area contributed by atoms with E-state index < -0.39 is 10.0 Å². The van der Waals surface area contributed by atoms with E-state index in [1.54, 1.807) is 18.2 Å². The van der Waals surface area contributed by atoms with Crippen LogP contribution in [0.5, 0.6) is 0 Å². The first-order chi connectivity index (χ1) is 12.0. The van der Waals surface area contributed by atoms with Crippen LogP contribution in [0, 0.1) is 11.8 Å². The molecule has 2 saturated carbocycles. The first-order valence-electron chi connectivity index (χ1n) is 9.03. The maximum atomic E-state index is 12.7. The minimum atomic E-state index is -3.58. The summed E-state index contributed by atoms with van der Waals surface area (Å²) in [6.45, 7) is 1.51. The van der Waals surface area contributed by atoms with Gasteiger partial charge in [-0.05, 0) is 49.3 Å². The van der Waals surface area contributed by atoms with Gasteiger partial charge in [0.25, 0.3) is 5.91 Å². The van der Waals surface area contributed by atoms with Crippen molar-refractivity contribution in [2.45, 2.75) is 36.6 Å². The third-order valence-electron chi connectivity index (χ3n) is 5.76. The number of amides is 1. The van der Waals surface area contributed by atoms with Gasteiger partial charge < -0.3 is 10.1 Å². The lowest BCUT2D eigenvalue weighted by Crippen LogP contribution is -2.41. The van der Waals surface area contributed by atoms with Crippen LogP contribution in [0.25, 0.3) is 0 Å². The Hall–Kier alpha value is -1.44. The molecule has 25 heavy (non-hydrogen) atoms. The normalized spacial score (nSPS) is 29.7. The molecule has 6 nitrogen and oxygen atoms in total. The summed E-state index contributed by atoms with van der Waals surface area (Å²) in [6, 6.07) is 6.61. The molecule has 1 saturated heterocycles. The van der Waals surface area contributed by atoms with E-state index in [1.807, 2.05) is 0 Å². The highest BCUT2D eigenvalue weighted by Crippen LogP contribution is 2.44. The number of nitrogens with zero attached hydrogens (tertiary/aromatic N) is 1. The Kier molecular flexibility index (Phi) is 4.56. The molecule has 2 bridgehead atoms. The van der Waals surface area contributed by atoms with Crippen molar-refractivity contribution in [2.24, 2.45) is 11.8 Å². The zero-order valence-corrected chi connectivity index (χ0v) is 15.0. The van der Waals surface area contributed by atoms with Gasteiger partial charge in [-0.2, -0.15) is 4.31 Å². The van der Waals surface area contributed by atoms with Gasteiger partial charge in [0, 0.05) is 24.7 Å². The van der Waals surface area contributed by atoms with E-state index in [2.05, 4.69) is 5.32 Å². The first kappa shape index (κ1) is 17.0. The van der Waals surface area contributed by atoms with Crippen LogP contribution < -0.4 is 5.32 Å². The van der Waals surface area contributed by atoms with Gasteiger partial charge in [-0.15, -0.1) is 0 Å². The maximum Gasteiger partial charge on any atom is 0.251 e. The van der Waals surface area contributed by atoms with Gasteiger partial charge in [0.15, 0.2) is 0 Å². The smallest absolute Gasteiger partial charge is 0.251 e. The van der Waals surface area contributed by atoms with Crippen molar-refractivity contribution >= 4 is 15.9 Å². The van der Waals surface area contributed by atoms with Crippen LogP contribution in [0.4, 0.5) is 0 Å². The molecule has 1 aliphatic heterocycles. The fourth-order valence-corrected chi connectivity index (χ4v) is 5.86. The highest BCUT2D eigenvalue weighted by Gasteiger charge is 2.40. The van der Waals surface area contributed by atoms with E-state index in [0.29, 0.717) is 37.8 Å². The molecule has 2 aliphatic carbocycles. The van der Waals surface area contributed by atoms with E-state index >= 15 is 0 Å². The van der Waals surface area contributed by atoms with Crippen LogP contribution in [0.15, 0.2) is 29.2 Å². The molecule has 3 atom stereocenters. The molecule has 1 heterocycles. The van der Waals surface area contributed by atoms with E-state index in [1.165, 1.54) is 29.6 Å². The number of hydrogen-bond acceptors (Lipinski definition) is 4. The predicted molar refractivity (Wildman–Crippen MR) is 92.7 cm³/mol. The second kappa shape index (κ2) is 6.70. The van der Waals surface area contributed by atoms with Gasteiger partial charge in [0.2, 0.25) is 10.0 Å². The summed E-state index contributed by atoms with van der Waals surface area (Å²) in [5.41, 5.74) is 0.414. The number of ether oxygens (including phenoxy) is 1. The number of rotatable bonds is 4. The number of morpholine rings is 1. The topological polar surface area (TPSA) is 75.7 Å². The number of hydrogen-bond donors (Lipinski definition) is 1. The predicted octanol–water partition coefficient (Wildman–Crippen LogP) is 1.63. The molecule has 0 radical (unpaired) electrons. The highest BCUT2D eigenvalue weighted by molar-refractivity contribution is 7.89. The Labute approximate surface area is 148 Å². The molecule has 1 aromatic rings. The second-order valence-corrected chi connectivity index (χ2v) is 9.24. The van der Waals surface area contributed by atoms with E-state index in [0.717, 1.165) is 12.3 Å². The van der Waals surface area contributed by atoms with Crippen molar-refractivity contribution in [3.05, 3.63) is 29.8 Å². The van der Waals surface area contributed by atoms with Crippen LogP contribution in [0.1, 0.15) is 36.0 Å². The van der Waals surface area contributed by atoms with Gasteiger partial charge in [0.05, 0.1) is 18.1 Å². The molecule has 0 spiro atoms. The quantitative estimate of drug-likeness (QED) is 0.881. The molecule has 0 aromatic heterocycles. The monoisotopic (exact) mass is 364 g/mol. The lowest BCUT2D eigenvalue weighted by atomic mass is 9.95.